The second-order valence-corrected chi connectivity index (χ2v) is 5.22. The van der Waals surface area contributed by atoms with Gasteiger partial charge in [0.25, 0.3) is 0 Å². The van der Waals surface area contributed by atoms with Crippen LogP contribution in [-0.2, 0) is 5.75 Å². The van der Waals surface area contributed by atoms with Crippen molar-refractivity contribution in [2.45, 2.75) is 17.6 Å². The molecule has 17 heavy (non-hydrogen) atoms. The van der Waals surface area contributed by atoms with Gasteiger partial charge in [-0.25, -0.2) is 0 Å². The molecule has 0 aliphatic rings. The Bertz CT molecular complexity index is 529. The van der Waals surface area contributed by atoms with Crippen LogP contribution in [0.15, 0.2) is 41.6 Å². The number of nitrogen functional groups attached to an aromatic ring is 1. The molecule has 4 heteroatoms. The Morgan fingerprint density at radius 1 is 1.35 bits per heavy atom. The zero-order valence-electron chi connectivity index (χ0n) is 9.48. The summed E-state index contributed by atoms with van der Waals surface area (Å²) in [6.07, 6.45) is 3.42. The van der Waals surface area contributed by atoms with Gasteiger partial charge in [-0.2, -0.15) is 0 Å². The highest BCUT2D eigenvalue weighted by Gasteiger charge is 2.04. The highest BCUT2D eigenvalue weighted by Crippen LogP contribution is 2.30. The maximum atomic E-state index is 6.05. The molecule has 0 saturated carbocycles. The monoisotopic (exact) mass is 264 g/mol. The van der Waals surface area contributed by atoms with E-state index in [0.29, 0.717) is 5.02 Å². The largest absolute Gasteiger partial charge is 0.398 e. The van der Waals surface area contributed by atoms with Crippen LogP contribution in [0, 0.1) is 6.92 Å². The molecule has 2 nitrogen and oxygen atoms in total. The van der Waals surface area contributed by atoms with Gasteiger partial charge in [0.15, 0.2) is 0 Å². The first-order valence-electron chi connectivity index (χ1n) is 5.24. The van der Waals surface area contributed by atoms with Gasteiger partial charge < -0.3 is 5.73 Å². The third-order valence-corrected chi connectivity index (χ3v) is 3.87. The highest BCUT2D eigenvalue weighted by atomic mass is 35.5. The standard InChI is InChI=1S/C13H13ClN2S/c1-9-2-3-12(15)13(6-9)17-8-10-4-5-16-7-11(10)14/h2-7H,8,15H2,1H3. The maximum Gasteiger partial charge on any atom is 0.0629 e. The smallest absolute Gasteiger partial charge is 0.0629 e. The van der Waals surface area contributed by atoms with Gasteiger partial charge in [0.05, 0.1) is 5.02 Å². The Labute approximate surface area is 110 Å². The van der Waals surface area contributed by atoms with Crippen molar-refractivity contribution in [1.29, 1.82) is 0 Å². The minimum atomic E-state index is 0.700. The molecule has 0 bridgehead atoms. The Morgan fingerprint density at radius 3 is 2.94 bits per heavy atom. The molecular weight excluding hydrogens is 252 g/mol. The molecule has 0 spiro atoms. The molecule has 0 radical (unpaired) electrons. The number of hydrogen-bond acceptors (Lipinski definition) is 3. The van der Waals surface area contributed by atoms with Crippen molar-refractivity contribution in [3.8, 4) is 0 Å². The number of halogens is 1. The van der Waals surface area contributed by atoms with Gasteiger partial charge in [0.2, 0.25) is 0 Å². The molecule has 0 aliphatic carbocycles. The number of aryl methyl sites for hydroxylation is 1. The minimum Gasteiger partial charge on any atom is -0.398 e. The van der Waals surface area contributed by atoms with E-state index in [1.54, 1.807) is 24.2 Å². The number of pyridine rings is 1. The van der Waals surface area contributed by atoms with Crippen LogP contribution in [0.1, 0.15) is 11.1 Å². The second-order valence-electron chi connectivity index (χ2n) is 3.80. The van der Waals surface area contributed by atoms with Gasteiger partial charge in [0.1, 0.15) is 0 Å². The highest BCUT2D eigenvalue weighted by molar-refractivity contribution is 7.98. The molecule has 0 aliphatic heterocycles. The Kier molecular flexibility index (Phi) is 3.92. The summed E-state index contributed by atoms with van der Waals surface area (Å²) in [5.74, 6) is 0.801. The number of aromatic nitrogens is 1. The van der Waals surface area contributed by atoms with Gasteiger partial charge >= 0.3 is 0 Å². The molecule has 1 heterocycles. The average molecular weight is 265 g/mol. The predicted octanol–water partition coefficient (Wildman–Crippen LogP) is 3.92. The first-order chi connectivity index (χ1) is 8.16. The lowest BCUT2D eigenvalue weighted by Crippen LogP contribution is -1.90. The maximum absolute atomic E-state index is 6.05. The van der Waals surface area contributed by atoms with Crippen molar-refractivity contribution < 1.29 is 0 Å². The van der Waals surface area contributed by atoms with E-state index in [-0.39, 0.29) is 0 Å². The number of nitrogens with zero attached hydrogens (tertiary/aromatic N) is 1. The second kappa shape index (κ2) is 5.43. The average Bonchev–Trinajstić information content (AvgIpc) is 2.32. The number of rotatable bonds is 3. The third kappa shape index (κ3) is 3.14. The lowest BCUT2D eigenvalue weighted by molar-refractivity contribution is 1.27. The summed E-state index contributed by atoms with van der Waals surface area (Å²) >= 11 is 7.75. The molecule has 0 amide bonds. The fourth-order valence-corrected chi connectivity index (χ4v) is 2.78. The number of anilines is 1. The summed E-state index contributed by atoms with van der Waals surface area (Å²) in [4.78, 5) is 5.06. The van der Waals surface area contributed by atoms with Crippen LogP contribution >= 0.6 is 23.4 Å². The number of hydrogen-bond donors (Lipinski definition) is 1. The van der Waals surface area contributed by atoms with Gasteiger partial charge in [-0.1, -0.05) is 17.7 Å². The molecule has 2 N–H and O–H groups in total. The molecular formula is C13H13ClN2S. The zero-order chi connectivity index (χ0) is 12.3. The quantitative estimate of drug-likeness (QED) is 0.675. The summed E-state index contributed by atoms with van der Waals surface area (Å²) in [6.45, 7) is 2.06. The van der Waals surface area contributed by atoms with Crippen LogP contribution in [0.5, 0.6) is 0 Å². The van der Waals surface area contributed by atoms with Gasteiger partial charge in [0, 0.05) is 28.7 Å². The molecule has 2 aromatic rings. The van der Waals surface area contributed by atoms with Crippen LogP contribution < -0.4 is 5.73 Å². The topological polar surface area (TPSA) is 38.9 Å². The summed E-state index contributed by atoms with van der Waals surface area (Å²) in [7, 11) is 0. The van der Waals surface area contributed by atoms with Crippen LogP contribution in [0.25, 0.3) is 0 Å². The van der Waals surface area contributed by atoms with Crippen LogP contribution in [-0.4, -0.2) is 4.98 Å². The third-order valence-electron chi connectivity index (χ3n) is 2.41. The van der Waals surface area contributed by atoms with Crippen LogP contribution in [0.2, 0.25) is 5.02 Å². The fraction of sp³-hybridized carbons (Fsp3) is 0.154. The van der Waals surface area contributed by atoms with E-state index in [2.05, 4.69) is 18.0 Å². The SMILES string of the molecule is Cc1ccc(N)c(SCc2ccncc2Cl)c1. The van der Waals surface area contributed by atoms with E-state index in [4.69, 9.17) is 17.3 Å². The number of thioether (sulfide) groups is 1. The fourth-order valence-electron chi connectivity index (χ4n) is 1.44. The van der Waals surface area contributed by atoms with E-state index < -0.39 is 0 Å². The van der Waals surface area contributed by atoms with Crippen molar-refractivity contribution in [2.75, 3.05) is 5.73 Å². The Hall–Kier alpha value is -1.19. The predicted molar refractivity (Wildman–Crippen MR) is 74.4 cm³/mol. The zero-order valence-corrected chi connectivity index (χ0v) is 11.1. The minimum absolute atomic E-state index is 0.700. The first kappa shape index (κ1) is 12.3. The molecule has 0 fully saturated rings. The molecule has 0 atom stereocenters. The lowest BCUT2D eigenvalue weighted by atomic mass is 10.2. The summed E-state index contributed by atoms with van der Waals surface area (Å²) < 4.78 is 0. The van der Waals surface area contributed by atoms with Crippen LogP contribution in [0.3, 0.4) is 0 Å². The van der Waals surface area contributed by atoms with Gasteiger partial charge in [-0.15, -0.1) is 11.8 Å². The summed E-state index contributed by atoms with van der Waals surface area (Å²) in [5, 5.41) is 0.700. The number of nitrogens with two attached hydrogens (primary N) is 1. The normalized spacial score (nSPS) is 10.5. The molecule has 1 aromatic carbocycles. The van der Waals surface area contributed by atoms with Crippen molar-refractivity contribution in [3.05, 3.63) is 52.8 Å². The van der Waals surface area contributed by atoms with E-state index >= 15 is 0 Å². The Balaban J connectivity index is 2.12. The van der Waals surface area contributed by atoms with Crippen molar-refractivity contribution in [3.63, 3.8) is 0 Å². The first-order valence-corrected chi connectivity index (χ1v) is 6.60. The lowest BCUT2D eigenvalue weighted by Gasteiger charge is -2.07. The van der Waals surface area contributed by atoms with Crippen molar-refractivity contribution >= 4 is 29.1 Å². The number of benzene rings is 1. The van der Waals surface area contributed by atoms with E-state index in [9.17, 15) is 0 Å². The van der Waals surface area contributed by atoms with E-state index in [1.807, 2.05) is 18.2 Å². The van der Waals surface area contributed by atoms with Gasteiger partial charge in [-0.3, -0.25) is 4.98 Å². The van der Waals surface area contributed by atoms with Crippen molar-refractivity contribution in [2.24, 2.45) is 0 Å². The summed E-state index contributed by atoms with van der Waals surface area (Å²) in [6, 6.07) is 7.97. The molecule has 0 unspecified atom stereocenters. The van der Waals surface area contributed by atoms with E-state index in [0.717, 1.165) is 21.9 Å². The van der Waals surface area contributed by atoms with Gasteiger partial charge in [-0.05, 0) is 36.2 Å². The molecule has 1 aromatic heterocycles. The molecule has 2 rings (SSSR count). The van der Waals surface area contributed by atoms with Crippen LogP contribution in [0.4, 0.5) is 5.69 Å². The summed E-state index contributed by atoms with van der Waals surface area (Å²) in [5.41, 5.74) is 9.02. The van der Waals surface area contributed by atoms with E-state index in [1.165, 1.54) is 5.56 Å². The molecule has 88 valence electrons. The Morgan fingerprint density at radius 2 is 2.18 bits per heavy atom. The molecule has 0 saturated heterocycles. The van der Waals surface area contributed by atoms with Crippen molar-refractivity contribution in [1.82, 2.24) is 4.98 Å².